The molecule has 1 atom stereocenters. The number of anilines is 1. The van der Waals surface area contributed by atoms with Crippen LogP contribution in [0, 0.1) is 0 Å². The smallest absolute Gasteiger partial charge is 0.200 e. The number of rotatable bonds is 2. The van der Waals surface area contributed by atoms with Gasteiger partial charge in [0.1, 0.15) is 5.82 Å². The highest BCUT2D eigenvalue weighted by molar-refractivity contribution is 6.33. The molecule has 1 N–H and O–H groups in total. The van der Waals surface area contributed by atoms with Gasteiger partial charge in [0.2, 0.25) is 6.17 Å². The minimum absolute atomic E-state index is 0.613. The summed E-state index contributed by atoms with van der Waals surface area (Å²) in [5, 5.41) is 7.92. The topological polar surface area (TPSA) is 59.3 Å². The Morgan fingerprint density at radius 1 is 1.39 bits per heavy atom. The molecule has 6 heteroatoms. The summed E-state index contributed by atoms with van der Waals surface area (Å²) in [6.45, 7) is 0. The van der Waals surface area contributed by atoms with E-state index < -0.39 is 6.17 Å². The molecule has 0 amide bonds. The standard InChI is InChI=1S/C12H9ClN4O/c13-9-4-2-1-3-8(9)10-5-11-14-7-15-12(6-18)17(11)16-10/h1-7,12H,(H,14,15). The zero-order valence-electron chi connectivity index (χ0n) is 9.25. The number of halogens is 1. The van der Waals surface area contributed by atoms with Gasteiger partial charge in [-0.05, 0) is 6.07 Å². The molecule has 3 rings (SSSR count). The van der Waals surface area contributed by atoms with Gasteiger partial charge in [-0.2, -0.15) is 5.10 Å². The maximum absolute atomic E-state index is 10.9. The fourth-order valence-electron chi connectivity index (χ4n) is 1.84. The van der Waals surface area contributed by atoms with E-state index in [0.717, 1.165) is 17.7 Å². The second-order valence-electron chi connectivity index (χ2n) is 3.81. The van der Waals surface area contributed by atoms with Crippen molar-refractivity contribution in [1.29, 1.82) is 0 Å². The van der Waals surface area contributed by atoms with Gasteiger partial charge in [0.25, 0.3) is 0 Å². The number of aliphatic imine (C=N–C) groups is 1. The summed E-state index contributed by atoms with van der Waals surface area (Å²) in [6, 6.07) is 9.27. The molecule has 5 nitrogen and oxygen atoms in total. The van der Waals surface area contributed by atoms with Crippen LogP contribution in [-0.4, -0.2) is 22.4 Å². The molecular formula is C12H9ClN4O. The van der Waals surface area contributed by atoms with Crippen molar-refractivity contribution in [2.45, 2.75) is 6.17 Å². The lowest BCUT2D eigenvalue weighted by molar-refractivity contribution is -0.110. The molecule has 18 heavy (non-hydrogen) atoms. The van der Waals surface area contributed by atoms with Crippen molar-refractivity contribution >= 4 is 30.0 Å². The van der Waals surface area contributed by atoms with Crippen LogP contribution in [0.3, 0.4) is 0 Å². The highest BCUT2D eigenvalue weighted by Crippen LogP contribution is 2.30. The van der Waals surface area contributed by atoms with Crippen molar-refractivity contribution in [2.75, 3.05) is 5.32 Å². The Labute approximate surface area is 108 Å². The number of carbonyl (C=O) groups is 1. The lowest BCUT2D eigenvalue weighted by Gasteiger charge is -2.14. The van der Waals surface area contributed by atoms with Crippen LogP contribution in [0.1, 0.15) is 6.17 Å². The number of benzene rings is 1. The molecule has 1 aliphatic rings. The maximum atomic E-state index is 10.9. The van der Waals surface area contributed by atoms with Gasteiger partial charge in [0.15, 0.2) is 6.29 Å². The molecular weight excluding hydrogens is 252 g/mol. The summed E-state index contributed by atoms with van der Waals surface area (Å²) in [6.07, 6.45) is 1.62. The fourth-order valence-corrected chi connectivity index (χ4v) is 2.07. The number of fused-ring (bicyclic) bond motifs is 1. The molecule has 0 fully saturated rings. The molecule has 1 aromatic heterocycles. The predicted molar refractivity (Wildman–Crippen MR) is 69.9 cm³/mol. The first kappa shape index (κ1) is 11.0. The third-order valence-corrected chi connectivity index (χ3v) is 3.03. The molecule has 2 aromatic rings. The van der Waals surface area contributed by atoms with Gasteiger partial charge in [0, 0.05) is 11.6 Å². The third kappa shape index (κ3) is 1.69. The van der Waals surface area contributed by atoms with E-state index in [-0.39, 0.29) is 0 Å². The molecule has 0 saturated carbocycles. The molecule has 90 valence electrons. The zero-order chi connectivity index (χ0) is 12.5. The number of nitrogens with zero attached hydrogens (tertiary/aromatic N) is 3. The SMILES string of the molecule is O=CC1N=CNc2cc(-c3ccccc3Cl)nn21. The van der Waals surface area contributed by atoms with Crippen LogP contribution in [0.5, 0.6) is 0 Å². The van der Waals surface area contributed by atoms with Gasteiger partial charge in [0.05, 0.1) is 17.1 Å². The number of nitrogens with one attached hydrogen (secondary N) is 1. The van der Waals surface area contributed by atoms with E-state index in [1.165, 1.54) is 11.0 Å². The molecule has 1 aromatic carbocycles. The highest BCUT2D eigenvalue weighted by Gasteiger charge is 2.19. The highest BCUT2D eigenvalue weighted by atomic mass is 35.5. The molecule has 0 radical (unpaired) electrons. The van der Waals surface area contributed by atoms with Crippen molar-refractivity contribution < 1.29 is 4.79 Å². The van der Waals surface area contributed by atoms with Gasteiger partial charge in [-0.1, -0.05) is 29.8 Å². The molecule has 0 aliphatic carbocycles. The van der Waals surface area contributed by atoms with Crippen molar-refractivity contribution in [3.05, 3.63) is 35.4 Å². The van der Waals surface area contributed by atoms with Gasteiger partial charge in [-0.15, -0.1) is 0 Å². The third-order valence-electron chi connectivity index (χ3n) is 2.70. The normalized spacial score (nSPS) is 17.1. The Hall–Kier alpha value is -2.14. The Balaban J connectivity index is 2.09. The summed E-state index contributed by atoms with van der Waals surface area (Å²) in [7, 11) is 0. The number of aldehydes is 1. The Kier molecular flexibility index (Phi) is 2.60. The first-order valence-corrected chi connectivity index (χ1v) is 5.75. The van der Waals surface area contributed by atoms with E-state index in [1.807, 2.05) is 24.3 Å². The number of carbonyl (C=O) groups excluding carboxylic acids is 1. The summed E-state index contributed by atoms with van der Waals surface area (Å²) in [5.74, 6) is 0.719. The summed E-state index contributed by atoms with van der Waals surface area (Å²) >= 11 is 6.12. The van der Waals surface area contributed by atoms with Gasteiger partial charge in [-0.3, -0.25) is 4.79 Å². The molecule has 2 heterocycles. The Morgan fingerprint density at radius 2 is 2.22 bits per heavy atom. The van der Waals surface area contributed by atoms with Crippen molar-refractivity contribution in [3.63, 3.8) is 0 Å². The average molecular weight is 261 g/mol. The second-order valence-corrected chi connectivity index (χ2v) is 4.22. The maximum Gasteiger partial charge on any atom is 0.200 e. The van der Waals surface area contributed by atoms with E-state index in [4.69, 9.17) is 11.6 Å². The van der Waals surface area contributed by atoms with E-state index in [9.17, 15) is 4.79 Å². The number of hydrogen-bond acceptors (Lipinski definition) is 4. The molecule has 0 bridgehead atoms. The molecule has 0 spiro atoms. The molecule has 1 unspecified atom stereocenters. The lowest BCUT2D eigenvalue weighted by Crippen LogP contribution is -2.18. The van der Waals surface area contributed by atoms with Crippen molar-refractivity contribution in [3.8, 4) is 11.3 Å². The average Bonchev–Trinajstić information content (AvgIpc) is 2.82. The summed E-state index contributed by atoms with van der Waals surface area (Å²) in [5.41, 5.74) is 1.54. The van der Waals surface area contributed by atoms with E-state index in [2.05, 4.69) is 15.4 Å². The van der Waals surface area contributed by atoms with E-state index in [1.54, 1.807) is 6.07 Å². The quantitative estimate of drug-likeness (QED) is 0.844. The van der Waals surface area contributed by atoms with Crippen LogP contribution in [0.25, 0.3) is 11.3 Å². The van der Waals surface area contributed by atoms with Crippen LogP contribution in [-0.2, 0) is 4.79 Å². The monoisotopic (exact) mass is 260 g/mol. The van der Waals surface area contributed by atoms with Crippen molar-refractivity contribution in [2.24, 2.45) is 4.99 Å². The van der Waals surface area contributed by atoms with Gasteiger partial charge in [-0.25, -0.2) is 9.67 Å². The summed E-state index contributed by atoms with van der Waals surface area (Å²) in [4.78, 5) is 14.9. The zero-order valence-corrected chi connectivity index (χ0v) is 10.0. The van der Waals surface area contributed by atoms with Crippen LogP contribution in [0.15, 0.2) is 35.3 Å². The fraction of sp³-hybridized carbons (Fsp3) is 0.0833. The van der Waals surface area contributed by atoms with Crippen LogP contribution >= 0.6 is 11.6 Å². The Morgan fingerprint density at radius 3 is 3.00 bits per heavy atom. The minimum atomic E-state index is -0.613. The first-order valence-electron chi connectivity index (χ1n) is 5.37. The van der Waals surface area contributed by atoms with Gasteiger partial charge >= 0.3 is 0 Å². The number of aromatic nitrogens is 2. The van der Waals surface area contributed by atoms with E-state index in [0.29, 0.717) is 10.7 Å². The molecule has 1 aliphatic heterocycles. The molecule has 0 saturated heterocycles. The minimum Gasteiger partial charge on any atom is -0.331 e. The first-order chi connectivity index (χ1) is 8.79. The van der Waals surface area contributed by atoms with Crippen LogP contribution in [0.2, 0.25) is 5.02 Å². The van der Waals surface area contributed by atoms with Gasteiger partial charge < -0.3 is 5.32 Å². The van der Waals surface area contributed by atoms with Crippen molar-refractivity contribution in [1.82, 2.24) is 9.78 Å². The van der Waals surface area contributed by atoms with Crippen LogP contribution in [0.4, 0.5) is 5.82 Å². The second kappa shape index (κ2) is 4.27. The summed E-state index contributed by atoms with van der Waals surface area (Å²) < 4.78 is 1.53. The lowest BCUT2D eigenvalue weighted by atomic mass is 10.1. The van der Waals surface area contributed by atoms with Crippen LogP contribution < -0.4 is 5.32 Å². The number of hydrogen-bond donors (Lipinski definition) is 1. The predicted octanol–water partition coefficient (Wildman–Crippen LogP) is 2.35. The van der Waals surface area contributed by atoms with E-state index >= 15 is 0 Å². The Bertz CT molecular complexity index is 635. The largest absolute Gasteiger partial charge is 0.331 e.